The first kappa shape index (κ1) is 14.2. The minimum Gasteiger partial charge on any atom is -0.305 e. The number of aromatic nitrogens is 4. The SMILES string of the molecule is CC(C)(C)n1c(NC(=O)c2cnccn2)nc2ccccc21. The molecule has 2 heterocycles. The summed E-state index contributed by atoms with van der Waals surface area (Å²) in [7, 11) is 0. The molecule has 2 aromatic heterocycles. The third kappa shape index (κ3) is 2.55. The number of fused-ring (bicyclic) bond motifs is 1. The predicted molar refractivity (Wildman–Crippen MR) is 84.7 cm³/mol. The van der Waals surface area contributed by atoms with Crippen molar-refractivity contribution in [2.75, 3.05) is 5.32 Å². The zero-order chi connectivity index (χ0) is 15.7. The first-order chi connectivity index (χ1) is 10.5. The van der Waals surface area contributed by atoms with Crippen LogP contribution < -0.4 is 5.32 Å². The number of nitrogens with one attached hydrogen (secondary N) is 1. The smallest absolute Gasteiger partial charge is 0.278 e. The van der Waals surface area contributed by atoms with Crippen molar-refractivity contribution in [1.29, 1.82) is 0 Å². The number of rotatable bonds is 2. The number of imidazole rings is 1. The summed E-state index contributed by atoms with van der Waals surface area (Å²) < 4.78 is 2.01. The molecule has 112 valence electrons. The van der Waals surface area contributed by atoms with E-state index in [2.05, 4.69) is 41.0 Å². The van der Waals surface area contributed by atoms with Gasteiger partial charge >= 0.3 is 0 Å². The molecule has 0 atom stereocenters. The highest BCUT2D eigenvalue weighted by Gasteiger charge is 2.23. The zero-order valence-corrected chi connectivity index (χ0v) is 12.7. The van der Waals surface area contributed by atoms with Crippen molar-refractivity contribution < 1.29 is 4.79 Å². The molecule has 0 radical (unpaired) electrons. The van der Waals surface area contributed by atoms with Crippen LogP contribution in [0.4, 0.5) is 5.95 Å². The van der Waals surface area contributed by atoms with Gasteiger partial charge in [0.1, 0.15) is 5.69 Å². The number of amides is 1. The topological polar surface area (TPSA) is 72.7 Å². The summed E-state index contributed by atoms with van der Waals surface area (Å²) >= 11 is 0. The fraction of sp³-hybridized carbons (Fsp3) is 0.250. The van der Waals surface area contributed by atoms with Crippen molar-refractivity contribution in [3.63, 3.8) is 0 Å². The molecule has 0 bridgehead atoms. The zero-order valence-electron chi connectivity index (χ0n) is 12.7. The van der Waals surface area contributed by atoms with Gasteiger partial charge in [-0.1, -0.05) is 12.1 Å². The molecular weight excluding hydrogens is 278 g/mol. The fourth-order valence-electron chi connectivity index (χ4n) is 2.37. The second-order valence-corrected chi connectivity index (χ2v) is 5.98. The molecule has 0 spiro atoms. The molecule has 3 aromatic rings. The molecule has 22 heavy (non-hydrogen) atoms. The van der Waals surface area contributed by atoms with Crippen LogP contribution >= 0.6 is 0 Å². The molecule has 0 fully saturated rings. The Labute approximate surface area is 128 Å². The van der Waals surface area contributed by atoms with E-state index in [0.29, 0.717) is 5.95 Å². The Kier molecular flexibility index (Phi) is 3.36. The van der Waals surface area contributed by atoms with Gasteiger partial charge in [-0.15, -0.1) is 0 Å². The molecule has 0 saturated heterocycles. The van der Waals surface area contributed by atoms with E-state index >= 15 is 0 Å². The second-order valence-electron chi connectivity index (χ2n) is 5.98. The van der Waals surface area contributed by atoms with Gasteiger partial charge in [-0.25, -0.2) is 9.97 Å². The van der Waals surface area contributed by atoms with Crippen LogP contribution in [0.5, 0.6) is 0 Å². The highest BCUT2D eigenvalue weighted by molar-refractivity contribution is 6.02. The highest BCUT2D eigenvalue weighted by atomic mass is 16.2. The summed E-state index contributed by atoms with van der Waals surface area (Å²) in [4.78, 5) is 24.8. The number of anilines is 1. The van der Waals surface area contributed by atoms with Crippen LogP contribution in [0.25, 0.3) is 11.0 Å². The molecular formula is C16H17N5O. The number of carbonyl (C=O) groups excluding carboxylic acids is 1. The second kappa shape index (κ2) is 5.22. The van der Waals surface area contributed by atoms with Gasteiger partial charge in [0.2, 0.25) is 5.95 Å². The average Bonchev–Trinajstić information content (AvgIpc) is 2.85. The molecule has 6 heteroatoms. The van der Waals surface area contributed by atoms with E-state index in [1.807, 2.05) is 28.8 Å². The fourth-order valence-corrected chi connectivity index (χ4v) is 2.37. The van der Waals surface area contributed by atoms with Crippen LogP contribution in [0.15, 0.2) is 42.9 Å². The maximum Gasteiger partial charge on any atom is 0.278 e. The van der Waals surface area contributed by atoms with Gasteiger partial charge in [0.05, 0.1) is 17.2 Å². The summed E-state index contributed by atoms with van der Waals surface area (Å²) in [5.74, 6) is 0.179. The lowest BCUT2D eigenvalue weighted by atomic mass is 10.1. The molecule has 3 rings (SSSR count). The Morgan fingerprint density at radius 3 is 2.64 bits per heavy atom. The minimum absolute atomic E-state index is 0.221. The third-order valence-electron chi connectivity index (χ3n) is 3.25. The summed E-state index contributed by atoms with van der Waals surface area (Å²) in [5, 5.41) is 2.83. The van der Waals surface area contributed by atoms with E-state index in [1.54, 1.807) is 0 Å². The lowest BCUT2D eigenvalue weighted by molar-refractivity contribution is 0.102. The number of para-hydroxylation sites is 2. The van der Waals surface area contributed by atoms with E-state index in [0.717, 1.165) is 11.0 Å². The van der Waals surface area contributed by atoms with Gasteiger partial charge in [-0.2, -0.15) is 0 Å². The Morgan fingerprint density at radius 2 is 1.95 bits per heavy atom. The normalized spacial score (nSPS) is 11.6. The average molecular weight is 295 g/mol. The molecule has 1 N–H and O–H groups in total. The number of hydrogen-bond donors (Lipinski definition) is 1. The van der Waals surface area contributed by atoms with Gasteiger partial charge in [0.15, 0.2) is 0 Å². The Morgan fingerprint density at radius 1 is 1.18 bits per heavy atom. The maximum absolute atomic E-state index is 12.3. The first-order valence-electron chi connectivity index (χ1n) is 7.02. The summed E-state index contributed by atoms with van der Waals surface area (Å²) in [6.07, 6.45) is 4.45. The highest BCUT2D eigenvalue weighted by Crippen LogP contribution is 2.28. The minimum atomic E-state index is -0.325. The van der Waals surface area contributed by atoms with Crippen LogP contribution in [0, 0.1) is 0 Å². The number of nitrogens with zero attached hydrogens (tertiary/aromatic N) is 4. The van der Waals surface area contributed by atoms with E-state index < -0.39 is 0 Å². The summed E-state index contributed by atoms with van der Waals surface area (Å²) in [6.45, 7) is 6.21. The van der Waals surface area contributed by atoms with Crippen LogP contribution in [0.1, 0.15) is 31.3 Å². The Bertz CT molecular complexity index is 817. The molecule has 0 aliphatic rings. The lowest BCUT2D eigenvalue weighted by Crippen LogP contribution is -2.26. The maximum atomic E-state index is 12.3. The summed E-state index contributed by atoms with van der Waals surface area (Å²) in [5.41, 5.74) is 1.85. The number of carbonyl (C=O) groups is 1. The Balaban J connectivity index is 2.05. The monoisotopic (exact) mass is 295 g/mol. The largest absolute Gasteiger partial charge is 0.305 e. The summed E-state index contributed by atoms with van der Waals surface area (Å²) in [6, 6.07) is 7.80. The van der Waals surface area contributed by atoms with Crippen LogP contribution in [0.3, 0.4) is 0 Å². The first-order valence-corrected chi connectivity index (χ1v) is 7.02. The Hall–Kier alpha value is -2.76. The van der Waals surface area contributed by atoms with Gasteiger partial charge in [0.25, 0.3) is 5.91 Å². The van der Waals surface area contributed by atoms with Crippen molar-refractivity contribution in [1.82, 2.24) is 19.5 Å². The lowest BCUT2D eigenvalue weighted by Gasteiger charge is -2.24. The number of benzene rings is 1. The van der Waals surface area contributed by atoms with Crippen molar-refractivity contribution in [3.8, 4) is 0 Å². The van der Waals surface area contributed by atoms with Crippen molar-refractivity contribution in [2.24, 2.45) is 0 Å². The van der Waals surface area contributed by atoms with Gasteiger partial charge in [-0.3, -0.25) is 15.1 Å². The molecule has 0 aliphatic heterocycles. The van der Waals surface area contributed by atoms with E-state index in [9.17, 15) is 4.79 Å². The standard InChI is InChI=1S/C16H17N5O/c1-16(2,3)21-13-7-5-4-6-11(13)19-15(21)20-14(22)12-10-17-8-9-18-12/h4-10H,1-3H3,(H,19,20,22). The quantitative estimate of drug-likeness (QED) is 0.789. The van der Waals surface area contributed by atoms with Gasteiger partial charge < -0.3 is 4.57 Å². The van der Waals surface area contributed by atoms with Crippen LogP contribution in [0.2, 0.25) is 0 Å². The van der Waals surface area contributed by atoms with Gasteiger partial charge in [0, 0.05) is 17.9 Å². The molecule has 0 unspecified atom stereocenters. The predicted octanol–water partition coefficient (Wildman–Crippen LogP) is 2.83. The molecule has 0 aliphatic carbocycles. The van der Waals surface area contributed by atoms with E-state index in [1.165, 1.54) is 18.6 Å². The van der Waals surface area contributed by atoms with Crippen molar-refractivity contribution in [2.45, 2.75) is 26.3 Å². The molecule has 1 amide bonds. The molecule has 1 aromatic carbocycles. The van der Waals surface area contributed by atoms with Gasteiger partial charge in [-0.05, 0) is 32.9 Å². The van der Waals surface area contributed by atoms with Crippen molar-refractivity contribution >= 4 is 22.9 Å². The molecule has 6 nitrogen and oxygen atoms in total. The van der Waals surface area contributed by atoms with E-state index in [4.69, 9.17) is 0 Å². The molecule has 0 saturated carbocycles. The third-order valence-corrected chi connectivity index (χ3v) is 3.25. The number of hydrogen-bond acceptors (Lipinski definition) is 4. The van der Waals surface area contributed by atoms with Crippen molar-refractivity contribution in [3.05, 3.63) is 48.5 Å². The van der Waals surface area contributed by atoms with E-state index in [-0.39, 0.29) is 17.1 Å². The van der Waals surface area contributed by atoms with Crippen LogP contribution in [-0.2, 0) is 5.54 Å². The van der Waals surface area contributed by atoms with Crippen LogP contribution in [-0.4, -0.2) is 25.4 Å².